The van der Waals surface area contributed by atoms with E-state index in [1.54, 1.807) is 0 Å². The molecule has 9 aromatic carbocycles. The van der Waals surface area contributed by atoms with Gasteiger partial charge in [-0.25, -0.2) is 4.98 Å². The zero-order chi connectivity index (χ0) is 35.4. The lowest BCUT2D eigenvalue weighted by Gasteiger charge is -2.31. The van der Waals surface area contributed by atoms with Gasteiger partial charge in [-0.3, -0.25) is 4.57 Å². The molecule has 10 aromatic rings. The monoisotopic (exact) mass is 684 g/mol. The predicted octanol–water partition coefficient (Wildman–Crippen LogP) is 13.0. The Balaban J connectivity index is 1.14. The van der Waals surface area contributed by atoms with Crippen LogP contribution >= 0.6 is 0 Å². The third-order valence-corrected chi connectivity index (χ3v) is 12.0. The lowest BCUT2D eigenvalue weighted by Crippen LogP contribution is -2.26. The van der Waals surface area contributed by atoms with E-state index in [0.717, 1.165) is 28.1 Å². The molecule has 0 unspecified atom stereocenters. The maximum absolute atomic E-state index is 5.10. The van der Waals surface area contributed by atoms with E-state index in [4.69, 9.17) is 4.98 Å². The summed E-state index contributed by atoms with van der Waals surface area (Å²) in [4.78, 5) is 5.10. The molecule has 2 heteroatoms. The number of rotatable bonds is 3. The standard InChI is InChI=1S/C52H32N2/c1-2-15-35(16-3-1)51-53-47-24-12-13-25-48(47)54(51)36-29-26-34(27-30-36)42-32-46-50(41-21-7-6-18-38(41)42)49-37-17-5-4-14-33(37)28-31-45(49)52(46)43-22-10-8-19-39(43)40-20-9-11-23-44(40)52/h1-32H. The second kappa shape index (κ2) is 11.0. The smallest absolute Gasteiger partial charge is 0.145 e. The van der Waals surface area contributed by atoms with Crippen LogP contribution in [0.1, 0.15) is 22.3 Å². The van der Waals surface area contributed by atoms with Gasteiger partial charge in [-0.15, -0.1) is 0 Å². The van der Waals surface area contributed by atoms with Gasteiger partial charge in [0.25, 0.3) is 0 Å². The second-order valence-corrected chi connectivity index (χ2v) is 14.6. The highest BCUT2D eigenvalue weighted by Gasteiger charge is 2.52. The number of fused-ring (bicyclic) bond motifs is 15. The zero-order valence-corrected chi connectivity index (χ0v) is 29.4. The molecule has 2 aliphatic rings. The molecule has 1 heterocycles. The minimum atomic E-state index is -0.444. The van der Waals surface area contributed by atoms with E-state index in [1.165, 1.54) is 77.2 Å². The summed E-state index contributed by atoms with van der Waals surface area (Å²) in [6.45, 7) is 0. The Kier molecular flexibility index (Phi) is 6.01. The topological polar surface area (TPSA) is 17.8 Å². The van der Waals surface area contributed by atoms with Crippen LogP contribution in [-0.4, -0.2) is 9.55 Å². The first kappa shape index (κ1) is 29.5. The van der Waals surface area contributed by atoms with Gasteiger partial charge in [0.15, 0.2) is 0 Å². The van der Waals surface area contributed by atoms with Crippen LogP contribution in [0.2, 0.25) is 0 Å². The molecule has 2 aliphatic carbocycles. The largest absolute Gasteiger partial charge is 0.292 e. The first-order valence-corrected chi connectivity index (χ1v) is 18.7. The molecule has 0 saturated carbocycles. The number of imidazole rings is 1. The number of para-hydroxylation sites is 2. The summed E-state index contributed by atoms with van der Waals surface area (Å²) >= 11 is 0. The van der Waals surface area contributed by atoms with E-state index in [9.17, 15) is 0 Å². The maximum Gasteiger partial charge on any atom is 0.145 e. The molecule has 0 aliphatic heterocycles. The Hall–Kier alpha value is -7.03. The fourth-order valence-corrected chi connectivity index (χ4v) is 9.85. The van der Waals surface area contributed by atoms with Crippen molar-refractivity contribution >= 4 is 32.6 Å². The Bertz CT molecular complexity index is 3100. The third-order valence-electron chi connectivity index (χ3n) is 12.0. The van der Waals surface area contributed by atoms with Crippen LogP contribution in [0.25, 0.3) is 83.0 Å². The van der Waals surface area contributed by atoms with Crippen molar-refractivity contribution in [3.05, 3.63) is 216 Å². The molecule has 250 valence electrons. The Morgan fingerprint density at radius 2 is 1.00 bits per heavy atom. The number of hydrogen-bond donors (Lipinski definition) is 0. The average molecular weight is 685 g/mol. The predicted molar refractivity (Wildman–Crippen MR) is 223 cm³/mol. The number of benzene rings is 9. The molecule has 1 aromatic heterocycles. The minimum Gasteiger partial charge on any atom is -0.292 e. The molecule has 0 radical (unpaired) electrons. The summed E-state index contributed by atoms with van der Waals surface area (Å²) in [6, 6.07) is 71.4. The van der Waals surface area contributed by atoms with Crippen LogP contribution in [0.5, 0.6) is 0 Å². The first-order chi connectivity index (χ1) is 26.8. The summed E-state index contributed by atoms with van der Waals surface area (Å²) in [6.07, 6.45) is 0. The third kappa shape index (κ3) is 3.81. The maximum atomic E-state index is 5.10. The van der Waals surface area contributed by atoms with Gasteiger partial charge in [0.1, 0.15) is 5.82 Å². The fourth-order valence-electron chi connectivity index (χ4n) is 9.85. The molecule has 0 bridgehead atoms. The van der Waals surface area contributed by atoms with Gasteiger partial charge in [0.2, 0.25) is 0 Å². The van der Waals surface area contributed by atoms with Crippen LogP contribution in [0, 0.1) is 0 Å². The SMILES string of the molecule is c1ccc(-c2nc3ccccc3n2-c2ccc(-c3cc4c(c5ccccc35)-c3c(ccc5ccccc35)C43c4ccccc4-c4ccccc43)cc2)cc1. The highest BCUT2D eigenvalue weighted by Crippen LogP contribution is 2.65. The quantitative estimate of drug-likeness (QED) is 0.181. The Morgan fingerprint density at radius 1 is 0.389 bits per heavy atom. The van der Waals surface area contributed by atoms with Crippen molar-refractivity contribution in [3.63, 3.8) is 0 Å². The highest BCUT2D eigenvalue weighted by molar-refractivity contribution is 6.16. The van der Waals surface area contributed by atoms with Crippen molar-refractivity contribution in [1.29, 1.82) is 0 Å². The van der Waals surface area contributed by atoms with Crippen LogP contribution in [0.4, 0.5) is 0 Å². The van der Waals surface area contributed by atoms with E-state index in [2.05, 4.69) is 199 Å². The Morgan fingerprint density at radius 3 is 1.78 bits per heavy atom. The van der Waals surface area contributed by atoms with Gasteiger partial charge in [-0.05, 0) is 108 Å². The molecule has 2 nitrogen and oxygen atoms in total. The fraction of sp³-hybridized carbons (Fsp3) is 0.0192. The summed E-state index contributed by atoms with van der Waals surface area (Å²) < 4.78 is 2.29. The van der Waals surface area contributed by atoms with Crippen molar-refractivity contribution < 1.29 is 0 Å². The van der Waals surface area contributed by atoms with Crippen LogP contribution in [0.3, 0.4) is 0 Å². The second-order valence-electron chi connectivity index (χ2n) is 14.6. The van der Waals surface area contributed by atoms with Crippen molar-refractivity contribution in [2.45, 2.75) is 5.41 Å². The van der Waals surface area contributed by atoms with Gasteiger partial charge >= 0.3 is 0 Å². The lowest BCUT2D eigenvalue weighted by atomic mass is 9.70. The summed E-state index contributed by atoms with van der Waals surface area (Å²) in [5, 5.41) is 5.12. The van der Waals surface area contributed by atoms with E-state index in [0.29, 0.717) is 0 Å². The average Bonchev–Trinajstić information content (AvgIpc) is 3.88. The minimum absolute atomic E-state index is 0.444. The molecule has 0 N–H and O–H groups in total. The molecular formula is C52H32N2. The zero-order valence-electron chi connectivity index (χ0n) is 29.4. The van der Waals surface area contributed by atoms with Crippen molar-refractivity contribution in [2.24, 2.45) is 0 Å². The van der Waals surface area contributed by atoms with Gasteiger partial charge in [-0.2, -0.15) is 0 Å². The van der Waals surface area contributed by atoms with Crippen molar-refractivity contribution in [2.75, 3.05) is 0 Å². The summed E-state index contributed by atoms with van der Waals surface area (Å²) in [5.74, 6) is 0.943. The molecule has 54 heavy (non-hydrogen) atoms. The lowest BCUT2D eigenvalue weighted by molar-refractivity contribution is 0.795. The molecule has 12 rings (SSSR count). The van der Waals surface area contributed by atoms with E-state index in [-0.39, 0.29) is 0 Å². The van der Waals surface area contributed by atoms with E-state index in [1.807, 2.05) is 0 Å². The van der Waals surface area contributed by atoms with E-state index >= 15 is 0 Å². The van der Waals surface area contributed by atoms with Crippen molar-refractivity contribution in [3.8, 4) is 50.5 Å². The number of aromatic nitrogens is 2. The van der Waals surface area contributed by atoms with Gasteiger partial charge in [0.05, 0.1) is 16.4 Å². The molecule has 1 spiro atoms. The molecule has 0 fully saturated rings. The van der Waals surface area contributed by atoms with Gasteiger partial charge < -0.3 is 0 Å². The molecule has 0 amide bonds. The summed E-state index contributed by atoms with van der Waals surface area (Å²) in [7, 11) is 0. The van der Waals surface area contributed by atoms with Crippen LogP contribution < -0.4 is 0 Å². The molecule has 0 atom stereocenters. The molecule has 0 saturated heterocycles. The van der Waals surface area contributed by atoms with Crippen LogP contribution in [0.15, 0.2) is 194 Å². The number of nitrogens with zero attached hydrogens (tertiary/aromatic N) is 2. The van der Waals surface area contributed by atoms with Crippen molar-refractivity contribution in [1.82, 2.24) is 9.55 Å². The number of hydrogen-bond acceptors (Lipinski definition) is 1. The van der Waals surface area contributed by atoms with Crippen LogP contribution in [-0.2, 0) is 5.41 Å². The Labute approximate surface area is 313 Å². The van der Waals surface area contributed by atoms with Gasteiger partial charge in [-0.1, -0.05) is 164 Å². The van der Waals surface area contributed by atoms with Gasteiger partial charge in [0, 0.05) is 11.3 Å². The first-order valence-electron chi connectivity index (χ1n) is 18.7. The molecular weight excluding hydrogens is 653 g/mol. The normalized spacial score (nSPS) is 13.3. The summed E-state index contributed by atoms with van der Waals surface area (Å²) in [5.41, 5.74) is 17.0. The highest BCUT2D eigenvalue weighted by atomic mass is 15.1. The van der Waals surface area contributed by atoms with E-state index < -0.39 is 5.41 Å².